The predicted octanol–water partition coefficient (Wildman–Crippen LogP) is 3.70. The standard InChI is InChI=1S/C19H31N3O3/c1-4-24-16(14-7-5-6-8-14)17-20-18(25-21-17)15-9-11-22(12-10-15)19(23)13(2)3/h13-16H,4-12H2,1-3H3. The average Bonchev–Trinajstić information content (AvgIpc) is 3.31. The van der Waals surface area contributed by atoms with E-state index in [0.29, 0.717) is 24.2 Å². The van der Waals surface area contributed by atoms with Crippen molar-refractivity contribution in [1.29, 1.82) is 0 Å². The van der Waals surface area contributed by atoms with E-state index in [4.69, 9.17) is 14.2 Å². The van der Waals surface area contributed by atoms with Crippen LogP contribution in [0.4, 0.5) is 0 Å². The third-order valence-electron chi connectivity index (χ3n) is 5.54. The van der Waals surface area contributed by atoms with Gasteiger partial charge in [-0.1, -0.05) is 31.8 Å². The van der Waals surface area contributed by atoms with Gasteiger partial charge < -0.3 is 14.2 Å². The fourth-order valence-corrected chi connectivity index (χ4v) is 4.10. The van der Waals surface area contributed by atoms with Crippen molar-refractivity contribution in [3.63, 3.8) is 0 Å². The van der Waals surface area contributed by atoms with E-state index in [1.54, 1.807) is 0 Å². The van der Waals surface area contributed by atoms with E-state index in [-0.39, 0.29) is 23.8 Å². The minimum atomic E-state index is -0.0346. The molecule has 1 saturated carbocycles. The normalized spacial score (nSPS) is 21.2. The zero-order valence-corrected chi connectivity index (χ0v) is 15.7. The first-order valence-corrected chi connectivity index (χ1v) is 9.84. The summed E-state index contributed by atoms with van der Waals surface area (Å²) in [7, 11) is 0. The van der Waals surface area contributed by atoms with E-state index in [1.807, 2.05) is 25.7 Å². The van der Waals surface area contributed by atoms with Crippen LogP contribution in [0, 0.1) is 11.8 Å². The van der Waals surface area contributed by atoms with Gasteiger partial charge in [0.1, 0.15) is 6.10 Å². The summed E-state index contributed by atoms with van der Waals surface area (Å²) in [6.07, 6.45) is 6.65. The third kappa shape index (κ3) is 4.22. The summed E-state index contributed by atoms with van der Waals surface area (Å²) in [5, 5.41) is 4.25. The van der Waals surface area contributed by atoms with Crippen LogP contribution in [0.5, 0.6) is 0 Å². The molecule has 1 aromatic rings. The van der Waals surface area contributed by atoms with Gasteiger partial charge in [-0.25, -0.2) is 0 Å². The van der Waals surface area contributed by atoms with Crippen molar-refractivity contribution in [3.05, 3.63) is 11.7 Å². The summed E-state index contributed by atoms with van der Waals surface area (Å²) in [6.45, 7) is 8.14. The van der Waals surface area contributed by atoms with Crippen LogP contribution in [0.25, 0.3) is 0 Å². The molecule has 0 aromatic carbocycles. The highest BCUT2D eigenvalue weighted by molar-refractivity contribution is 5.78. The molecule has 1 atom stereocenters. The molecular weight excluding hydrogens is 318 g/mol. The van der Waals surface area contributed by atoms with Gasteiger partial charge in [0, 0.05) is 31.5 Å². The molecule has 140 valence electrons. The lowest BCUT2D eigenvalue weighted by Crippen LogP contribution is -2.40. The van der Waals surface area contributed by atoms with Crippen molar-refractivity contribution < 1.29 is 14.1 Å². The van der Waals surface area contributed by atoms with Gasteiger partial charge >= 0.3 is 0 Å². The van der Waals surface area contributed by atoms with Crippen LogP contribution in [0.2, 0.25) is 0 Å². The quantitative estimate of drug-likeness (QED) is 0.783. The molecule has 0 N–H and O–H groups in total. The van der Waals surface area contributed by atoms with Crippen LogP contribution in [-0.4, -0.2) is 40.6 Å². The smallest absolute Gasteiger partial charge is 0.229 e. The van der Waals surface area contributed by atoms with Crippen molar-refractivity contribution in [2.75, 3.05) is 19.7 Å². The molecule has 1 aromatic heterocycles. The monoisotopic (exact) mass is 349 g/mol. The lowest BCUT2D eigenvalue weighted by Gasteiger charge is -2.31. The van der Waals surface area contributed by atoms with E-state index in [9.17, 15) is 4.79 Å². The Bertz CT molecular complexity index is 558. The number of piperidine rings is 1. The second-order valence-electron chi connectivity index (χ2n) is 7.67. The number of carbonyl (C=O) groups is 1. The van der Waals surface area contributed by atoms with Crippen molar-refractivity contribution >= 4 is 5.91 Å². The van der Waals surface area contributed by atoms with Gasteiger partial charge in [0.2, 0.25) is 17.6 Å². The van der Waals surface area contributed by atoms with Gasteiger partial charge in [0.15, 0.2) is 0 Å². The molecule has 1 amide bonds. The largest absolute Gasteiger partial charge is 0.370 e. The molecule has 2 fully saturated rings. The molecule has 6 nitrogen and oxygen atoms in total. The topological polar surface area (TPSA) is 68.5 Å². The molecule has 1 saturated heterocycles. The Morgan fingerprint density at radius 3 is 2.52 bits per heavy atom. The Morgan fingerprint density at radius 1 is 1.24 bits per heavy atom. The van der Waals surface area contributed by atoms with E-state index in [2.05, 4.69) is 5.16 Å². The average molecular weight is 349 g/mol. The highest BCUT2D eigenvalue weighted by Crippen LogP contribution is 2.38. The number of amides is 1. The van der Waals surface area contributed by atoms with Crippen molar-refractivity contribution in [1.82, 2.24) is 15.0 Å². The SMILES string of the molecule is CCOC(c1noc(C2CCN(C(=O)C(C)C)CC2)n1)C1CCCC1. The summed E-state index contributed by atoms with van der Waals surface area (Å²) < 4.78 is 11.5. The maximum absolute atomic E-state index is 12.1. The Balaban J connectivity index is 1.62. The Labute approximate surface area is 150 Å². The lowest BCUT2D eigenvalue weighted by molar-refractivity contribution is -0.135. The molecule has 0 radical (unpaired) electrons. The van der Waals surface area contributed by atoms with Crippen LogP contribution in [-0.2, 0) is 9.53 Å². The van der Waals surface area contributed by atoms with Crippen molar-refractivity contribution in [2.24, 2.45) is 11.8 Å². The maximum Gasteiger partial charge on any atom is 0.229 e. The van der Waals surface area contributed by atoms with Crippen LogP contribution in [0.1, 0.15) is 83.0 Å². The number of likely N-dealkylation sites (tertiary alicyclic amines) is 1. The number of hydrogen-bond acceptors (Lipinski definition) is 5. The summed E-state index contributed by atoms with van der Waals surface area (Å²) >= 11 is 0. The van der Waals surface area contributed by atoms with Gasteiger partial charge in [0.25, 0.3) is 0 Å². The number of carbonyl (C=O) groups excluding carboxylic acids is 1. The van der Waals surface area contributed by atoms with E-state index in [0.717, 1.165) is 25.9 Å². The highest BCUT2D eigenvalue weighted by atomic mass is 16.5. The molecule has 1 aliphatic carbocycles. The van der Waals surface area contributed by atoms with Crippen LogP contribution < -0.4 is 0 Å². The van der Waals surface area contributed by atoms with Crippen LogP contribution in [0.3, 0.4) is 0 Å². The molecule has 25 heavy (non-hydrogen) atoms. The molecular formula is C19H31N3O3. The molecule has 0 spiro atoms. The van der Waals surface area contributed by atoms with Crippen molar-refractivity contribution in [3.8, 4) is 0 Å². The molecule has 2 heterocycles. The van der Waals surface area contributed by atoms with E-state index in [1.165, 1.54) is 25.7 Å². The number of nitrogens with zero attached hydrogens (tertiary/aromatic N) is 3. The lowest BCUT2D eigenvalue weighted by atomic mass is 9.95. The minimum Gasteiger partial charge on any atom is -0.370 e. The summed E-state index contributed by atoms with van der Waals surface area (Å²) in [4.78, 5) is 18.8. The number of hydrogen-bond donors (Lipinski definition) is 0. The fourth-order valence-electron chi connectivity index (χ4n) is 4.10. The summed E-state index contributed by atoms with van der Waals surface area (Å²) in [5.74, 6) is 2.49. The fraction of sp³-hybridized carbons (Fsp3) is 0.842. The highest BCUT2D eigenvalue weighted by Gasteiger charge is 2.33. The van der Waals surface area contributed by atoms with Gasteiger partial charge in [-0.3, -0.25) is 4.79 Å². The van der Waals surface area contributed by atoms with Gasteiger partial charge in [-0.15, -0.1) is 0 Å². The first-order valence-electron chi connectivity index (χ1n) is 9.84. The van der Waals surface area contributed by atoms with Crippen LogP contribution in [0.15, 0.2) is 4.52 Å². The second-order valence-corrected chi connectivity index (χ2v) is 7.67. The Hall–Kier alpha value is -1.43. The van der Waals surface area contributed by atoms with E-state index < -0.39 is 0 Å². The third-order valence-corrected chi connectivity index (χ3v) is 5.54. The first kappa shape index (κ1) is 18.4. The zero-order valence-electron chi connectivity index (χ0n) is 15.7. The molecule has 1 aliphatic heterocycles. The maximum atomic E-state index is 12.1. The number of aromatic nitrogens is 2. The summed E-state index contributed by atoms with van der Waals surface area (Å²) in [6, 6.07) is 0. The zero-order chi connectivity index (χ0) is 17.8. The Kier molecular flexibility index (Phi) is 6.10. The number of ether oxygens (including phenoxy) is 1. The summed E-state index contributed by atoms with van der Waals surface area (Å²) in [5.41, 5.74) is 0. The van der Waals surface area contributed by atoms with Gasteiger partial charge in [0.05, 0.1) is 0 Å². The van der Waals surface area contributed by atoms with Crippen molar-refractivity contribution in [2.45, 2.75) is 71.3 Å². The second kappa shape index (κ2) is 8.30. The van der Waals surface area contributed by atoms with Crippen LogP contribution >= 0.6 is 0 Å². The molecule has 3 rings (SSSR count). The van der Waals surface area contributed by atoms with Gasteiger partial charge in [-0.05, 0) is 38.5 Å². The van der Waals surface area contributed by atoms with Gasteiger partial charge in [-0.2, -0.15) is 4.98 Å². The molecule has 6 heteroatoms. The van der Waals surface area contributed by atoms with E-state index >= 15 is 0 Å². The molecule has 0 bridgehead atoms. The molecule has 1 unspecified atom stereocenters. The Morgan fingerprint density at radius 2 is 1.92 bits per heavy atom. The first-order chi connectivity index (χ1) is 12.1. The number of rotatable bonds is 6. The minimum absolute atomic E-state index is 0.0346. The predicted molar refractivity (Wildman–Crippen MR) is 94.0 cm³/mol. The molecule has 2 aliphatic rings.